The van der Waals surface area contributed by atoms with Crippen molar-refractivity contribution >= 4 is 35.3 Å². The number of aliphatic imine (C=N–C) groups is 2. The molecule has 0 aliphatic heterocycles. The maximum absolute atomic E-state index is 6.27. The normalized spacial score (nSPS) is 11.7. The number of nitrogens with two attached hydrogens (primary N) is 4. The minimum Gasteiger partial charge on any atom is -0.370 e. The fraction of sp³-hybridized carbons (Fsp3) is 0.467. The summed E-state index contributed by atoms with van der Waals surface area (Å²) in [7, 11) is 0. The van der Waals surface area contributed by atoms with Gasteiger partial charge in [0.05, 0.1) is 11.1 Å². The second-order valence-corrected chi connectivity index (χ2v) is 6.37. The molecule has 23 heavy (non-hydrogen) atoms. The van der Waals surface area contributed by atoms with Crippen LogP contribution in [-0.2, 0) is 0 Å². The van der Waals surface area contributed by atoms with Crippen molar-refractivity contribution in [1.29, 1.82) is 0 Å². The number of rotatable bonds is 9. The molecule has 0 saturated heterocycles. The van der Waals surface area contributed by atoms with E-state index in [1.165, 1.54) is 0 Å². The second-order valence-electron chi connectivity index (χ2n) is 5.12. The molecule has 128 valence electrons. The van der Waals surface area contributed by atoms with Crippen LogP contribution in [0.5, 0.6) is 0 Å². The van der Waals surface area contributed by atoms with Crippen LogP contribution in [-0.4, -0.2) is 24.7 Å². The molecule has 0 aliphatic carbocycles. The van der Waals surface area contributed by atoms with E-state index >= 15 is 0 Å². The first kappa shape index (κ1) is 19.4. The summed E-state index contributed by atoms with van der Waals surface area (Å²) < 4.78 is 0. The van der Waals surface area contributed by atoms with Crippen LogP contribution in [0.3, 0.4) is 0 Å². The van der Waals surface area contributed by atoms with Gasteiger partial charge < -0.3 is 22.9 Å². The largest absolute Gasteiger partial charge is 0.370 e. The number of unbranched alkanes of at least 4 members (excludes halogenated alkanes) is 2. The first-order valence-electron chi connectivity index (χ1n) is 7.41. The molecule has 1 aromatic rings. The van der Waals surface area contributed by atoms with Gasteiger partial charge >= 0.3 is 0 Å². The average Bonchev–Trinajstić information content (AvgIpc) is 2.48. The van der Waals surface area contributed by atoms with Crippen LogP contribution in [0.4, 0.5) is 0 Å². The molecule has 6 nitrogen and oxygen atoms in total. The Morgan fingerprint density at radius 1 is 1.13 bits per heavy atom. The van der Waals surface area contributed by atoms with Crippen molar-refractivity contribution in [2.24, 2.45) is 32.9 Å². The molecule has 1 aromatic carbocycles. The predicted molar refractivity (Wildman–Crippen MR) is 101 cm³/mol. The van der Waals surface area contributed by atoms with Gasteiger partial charge in [0, 0.05) is 11.4 Å². The summed E-state index contributed by atoms with van der Waals surface area (Å²) in [6.45, 7) is 0.642. The maximum Gasteiger partial charge on any atom is 0.186 e. The lowest BCUT2D eigenvalue weighted by Gasteiger charge is -2.14. The van der Waals surface area contributed by atoms with Gasteiger partial charge in [0.1, 0.15) is 0 Å². The second kappa shape index (κ2) is 10.2. The van der Waals surface area contributed by atoms with Gasteiger partial charge in [-0.25, -0.2) is 4.99 Å². The molecule has 0 saturated carbocycles. The number of nitrogens with zero attached hydrogens (tertiary/aromatic N) is 2. The minimum absolute atomic E-state index is 0.0839. The zero-order valence-corrected chi connectivity index (χ0v) is 14.9. The van der Waals surface area contributed by atoms with Crippen molar-refractivity contribution in [1.82, 2.24) is 0 Å². The molecular formula is C15H25ClN6S. The van der Waals surface area contributed by atoms with Crippen LogP contribution >= 0.6 is 23.4 Å². The number of hydrogen-bond donors (Lipinski definition) is 4. The lowest BCUT2D eigenvalue weighted by molar-refractivity contribution is 0.574. The molecular weight excluding hydrogens is 332 g/mol. The molecule has 0 heterocycles. The van der Waals surface area contributed by atoms with E-state index in [9.17, 15) is 0 Å². The lowest BCUT2D eigenvalue weighted by atomic mass is 10.0. The first-order chi connectivity index (χ1) is 10.9. The Morgan fingerprint density at radius 2 is 1.87 bits per heavy atom. The Kier molecular flexibility index (Phi) is 8.65. The van der Waals surface area contributed by atoms with Crippen LogP contribution in [0.15, 0.2) is 33.1 Å². The van der Waals surface area contributed by atoms with Gasteiger partial charge in [0.2, 0.25) is 0 Å². The van der Waals surface area contributed by atoms with Crippen LogP contribution in [0.2, 0.25) is 5.02 Å². The number of hydrogen-bond acceptors (Lipinski definition) is 3. The topological polar surface area (TPSA) is 129 Å². The van der Waals surface area contributed by atoms with E-state index in [0.717, 1.165) is 41.2 Å². The van der Waals surface area contributed by atoms with E-state index in [1.807, 2.05) is 24.5 Å². The van der Waals surface area contributed by atoms with Crippen molar-refractivity contribution in [3.63, 3.8) is 0 Å². The van der Waals surface area contributed by atoms with Crippen molar-refractivity contribution in [3.8, 4) is 0 Å². The molecule has 0 radical (unpaired) electrons. The third-order valence-electron chi connectivity index (χ3n) is 3.30. The molecule has 1 atom stereocenters. The van der Waals surface area contributed by atoms with E-state index in [0.29, 0.717) is 6.54 Å². The van der Waals surface area contributed by atoms with E-state index in [-0.39, 0.29) is 18.0 Å². The number of halogens is 1. The molecule has 0 amide bonds. The zero-order chi connectivity index (χ0) is 17.2. The van der Waals surface area contributed by atoms with Gasteiger partial charge in [-0.2, -0.15) is 0 Å². The van der Waals surface area contributed by atoms with Gasteiger partial charge in [0.25, 0.3) is 0 Å². The van der Waals surface area contributed by atoms with E-state index in [1.54, 1.807) is 11.8 Å². The Bertz CT molecular complexity index is 553. The standard InChI is InChI=1S/C15H25ClN6S/c1-23-13-7-6-10(9-11(13)16)12(22-15(19)20)5-3-2-4-8-21-14(17)18/h6-7,9,12H,2-5,8H2,1H3,(H4,17,18,21)(H4,19,20,22). The monoisotopic (exact) mass is 356 g/mol. The smallest absolute Gasteiger partial charge is 0.186 e. The highest BCUT2D eigenvalue weighted by Gasteiger charge is 2.12. The Hall–Kier alpha value is -1.60. The highest BCUT2D eigenvalue weighted by Crippen LogP contribution is 2.31. The van der Waals surface area contributed by atoms with Crippen molar-refractivity contribution in [3.05, 3.63) is 28.8 Å². The maximum atomic E-state index is 6.27. The molecule has 8 N–H and O–H groups in total. The molecule has 0 aromatic heterocycles. The molecule has 0 spiro atoms. The van der Waals surface area contributed by atoms with Gasteiger partial charge in [-0.05, 0) is 36.8 Å². The fourth-order valence-electron chi connectivity index (χ4n) is 2.21. The van der Waals surface area contributed by atoms with Gasteiger partial charge in [-0.1, -0.05) is 30.5 Å². The van der Waals surface area contributed by atoms with Crippen molar-refractivity contribution < 1.29 is 0 Å². The van der Waals surface area contributed by atoms with Gasteiger partial charge in [-0.15, -0.1) is 11.8 Å². The minimum atomic E-state index is -0.0866. The Morgan fingerprint density at radius 3 is 2.43 bits per heavy atom. The summed E-state index contributed by atoms with van der Waals surface area (Å²) in [5.41, 5.74) is 22.7. The van der Waals surface area contributed by atoms with Crippen LogP contribution in [0, 0.1) is 0 Å². The summed E-state index contributed by atoms with van der Waals surface area (Å²) in [6, 6.07) is 5.87. The van der Waals surface area contributed by atoms with Crippen molar-refractivity contribution in [2.45, 2.75) is 36.6 Å². The number of benzene rings is 1. The van der Waals surface area contributed by atoms with Crippen molar-refractivity contribution in [2.75, 3.05) is 12.8 Å². The lowest BCUT2D eigenvalue weighted by Crippen LogP contribution is -2.23. The van der Waals surface area contributed by atoms with Crippen LogP contribution in [0.1, 0.15) is 37.3 Å². The summed E-state index contributed by atoms with van der Waals surface area (Å²) in [6.07, 6.45) is 5.74. The Labute approximate surface area is 146 Å². The third kappa shape index (κ3) is 7.47. The number of thioether (sulfide) groups is 1. The predicted octanol–water partition coefficient (Wildman–Crippen LogP) is 2.21. The highest BCUT2D eigenvalue weighted by atomic mass is 35.5. The average molecular weight is 357 g/mol. The molecule has 1 unspecified atom stereocenters. The Balaban J connectivity index is 2.65. The molecule has 0 bridgehead atoms. The quantitative estimate of drug-likeness (QED) is 0.233. The summed E-state index contributed by atoms with van der Waals surface area (Å²) in [5.74, 6) is 0.215. The van der Waals surface area contributed by atoms with E-state index in [4.69, 9.17) is 34.5 Å². The molecule has 1 rings (SSSR count). The van der Waals surface area contributed by atoms with Crippen LogP contribution in [0.25, 0.3) is 0 Å². The summed E-state index contributed by atoms with van der Waals surface area (Å²) in [4.78, 5) is 9.33. The zero-order valence-electron chi connectivity index (χ0n) is 13.3. The number of guanidine groups is 2. The van der Waals surface area contributed by atoms with Crippen LogP contribution < -0.4 is 22.9 Å². The fourth-order valence-corrected chi connectivity index (χ4v) is 3.09. The molecule has 0 aliphatic rings. The molecule has 0 fully saturated rings. The summed E-state index contributed by atoms with van der Waals surface area (Å²) in [5, 5.41) is 0.721. The highest BCUT2D eigenvalue weighted by molar-refractivity contribution is 7.98. The molecule has 8 heteroatoms. The van der Waals surface area contributed by atoms with Gasteiger partial charge in [0.15, 0.2) is 11.9 Å². The SMILES string of the molecule is CSc1ccc(C(CCCCCN=C(N)N)N=C(N)N)cc1Cl. The summed E-state index contributed by atoms with van der Waals surface area (Å²) >= 11 is 7.88. The third-order valence-corrected chi connectivity index (χ3v) is 4.52. The van der Waals surface area contributed by atoms with E-state index < -0.39 is 0 Å². The first-order valence-corrected chi connectivity index (χ1v) is 9.02. The van der Waals surface area contributed by atoms with E-state index in [2.05, 4.69) is 9.98 Å². The van der Waals surface area contributed by atoms with Gasteiger partial charge in [-0.3, -0.25) is 4.99 Å².